The van der Waals surface area contributed by atoms with Crippen LogP contribution < -0.4 is 5.73 Å². The highest BCUT2D eigenvalue weighted by Gasteiger charge is 2.51. The van der Waals surface area contributed by atoms with Crippen molar-refractivity contribution in [1.29, 1.82) is 0 Å². The SMILES string of the molecule is Cc1cc(C)cc(CC(=O)N2CCC2(C)C(=O)N(CC(N)=O)Cc2ccc(Cl)cc2)c1. The van der Waals surface area contributed by atoms with Gasteiger partial charge in [-0.3, -0.25) is 14.4 Å². The molecule has 2 aromatic carbocycles. The van der Waals surface area contributed by atoms with Crippen LogP contribution in [0.2, 0.25) is 5.02 Å². The van der Waals surface area contributed by atoms with Crippen LogP contribution in [0.5, 0.6) is 0 Å². The number of carbonyl (C=O) groups excluding carboxylic acids is 3. The maximum atomic E-state index is 13.4. The molecule has 0 aromatic heterocycles. The van der Waals surface area contributed by atoms with Gasteiger partial charge in [-0.25, -0.2) is 0 Å². The van der Waals surface area contributed by atoms with Gasteiger partial charge in [0.1, 0.15) is 5.54 Å². The van der Waals surface area contributed by atoms with Gasteiger partial charge in [-0.2, -0.15) is 0 Å². The minimum atomic E-state index is -0.988. The number of amides is 3. The van der Waals surface area contributed by atoms with E-state index in [2.05, 4.69) is 6.07 Å². The summed E-state index contributed by atoms with van der Waals surface area (Å²) in [6, 6.07) is 13.1. The summed E-state index contributed by atoms with van der Waals surface area (Å²) in [4.78, 5) is 41.1. The topological polar surface area (TPSA) is 83.7 Å². The number of nitrogens with two attached hydrogens (primary N) is 1. The second-order valence-corrected chi connectivity index (χ2v) is 8.93. The molecule has 1 aliphatic rings. The van der Waals surface area contributed by atoms with Crippen LogP contribution in [0, 0.1) is 13.8 Å². The van der Waals surface area contributed by atoms with Crippen molar-refractivity contribution in [3.63, 3.8) is 0 Å². The van der Waals surface area contributed by atoms with Gasteiger partial charge in [0.2, 0.25) is 17.7 Å². The van der Waals surface area contributed by atoms with Crippen molar-refractivity contribution in [2.45, 2.75) is 45.7 Å². The number of aryl methyl sites for hydroxylation is 2. The van der Waals surface area contributed by atoms with Gasteiger partial charge in [0, 0.05) is 18.1 Å². The lowest BCUT2D eigenvalue weighted by molar-refractivity contribution is -0.164. The molecule has 164 valence electrons. The van der Waals surface area contributed by atoms with Crippen LogP contribution in [0.4, 0.5) is 0 Å². The Balaban J connectivity index is 1.77. The maximum Gasteiger partial charge on any atom is 0.249 e. The molecule has 1 unspecified atom stereocenters. The van der Waals surface area contributed by atoms with Gasteiger partial charge in [0.05, 0.1) is 13.0 Å². The molecular weight excluding hydrogens is 414 g/mol. The third-order valence-corrected chi connectivity index (χ3v) is 5.99. The number of rotatable bonds is 7. The van der Waals surface area contributed by atoms with E-state index in [0.29, 0.717) is 18.0 Å². The smallest absolute Gasteiger partial charge is 0.249 e. The van der Waals surface area contributed by atoms with E-state index in [9.17, 15) is 14.4 Å². The van der Waals surface area contributed by atoms with Gasteiger partial charge in [-0.05, 0) is 50.5 Å². The number of hydrogen-bond donors (Lipinski definition) is 1. The van der Waals surface area contributed by atoms with Gasteiger partial charge >= 0.3 is 0 Å². The first kappa shape index (κ1) is 22.8. The molecule has 1 atom stereocenters. The molecule has 0 aliphatic carbocycles. The van der Waals surface area contributed by atoms with Gasteiger partial charge in [-0.1, -0.05) is 53.1 Å². The van der Waals surface area contributed by atoms with E-state index < -0.39 is 11.4 Å². The van der Waals surface area contributed by atoms with E-state index in [1.54, 1.807) is 36.1 Å². The molecule has 6 nitrogen and oxygen atoms in total. The maximum absolute atomic E-state index is 13.4. The van der Waals surface area contributed by atoms with E-state index in [-0.39, 0.29) is 31.3 Å². The Kier molecular flexibility index (Phi) is 6.70. The number of likely N-dealkylation sites (tertiary alicyclic amines) is 1. The van der Waals surface area contributed by atoms with E-state index >= 15 is 0 Å². The fraction of sp³-hybridized carbons (Fsp3) is 0.375. The molecule has 0 spiro atoms. The first-order valence-electron chi connectivity index (χ1n) is 10.3. The van der Waals surface area contributed by atoms with Crippen LogP contribution in [0.1, 0.15) is 35.6 Å². The average molecular weight is 442 g/mol. The van der Waals surface area contributed by atoms with Gasteiger partial charge in [0.15, 0.2) is 0 Å². The van der Waals surface area contributed by atoms with Crippen LogP contribution in [0.15, 0.2) is 42.5 Å². The molecule has 1 aliphatic heterocycles. The summed E-state index contributed by atoms with van der Waals surface area (Å²) < 4.78 is 0. The lowest BCUT2D eigenvalue weighted by Gasteiger charge is -2.51. The first-order valence-corrected chi connectivity index (χ1v) is 10.7. The monoisotopic (exact) mass is 441 g/mol. The average Bonchev–Trinajstić information content (AvgIpc) is 2.65. The normalized spacial score (nSPS) is 17.7. The van der Waals surface area contributed by atoms with E-state index in [4.69, 9.17) is 17.3 Å². The zero-order chi connectivity index (χ0) is 22.8. The zero-order valence-corrected chi connectivity index (χ0v) is 18.9. The van der Waals surface area contributed by atoms with Crippen molar-refractivity contribution >= 4 is 29.3 Å². The highest BCUT2D eigenvalue weighted by atomic mass is 35.5. The minimum absolute atomic E-state index is 0.0994. The Labute approximate surface area is 188 Å². The standard InChI is InChI=1S/C24H28ClN3O3/c1-16-10-17(2)12-19(11-16)13-22(30)28-9-8-24(28,3)23(31)27(15-21(26)29)14-18-4-6-20(25)7-5-18/h4-7,10-12H,8-9,13-15H2,1-3H3,(H2,26,29). The van der Waals surface area contributed by atoms with E-state index in [1.807, 2.05) is 26.0 Å². The van der Waals surface area contributed by atoms with E-state index in [0.717, 1.165) is 22.3 Å². The molecule has 7 heteroatoms. The molecule has 1 heterocycles. The van der Waals surface area contributed by atoms with Crippen molar-refractivity contribution in [2.24, 2.45) is 5.73 Å². The number of primary amides is 1. The lowest BCUT2D eigenvalue weighted by atomic mass is 9.84. The highest BCUT2D eigenvalue weighted by Crippen LogP contribution is 2.33. The van der Waals surface area contributed by atoms with Gasteiger partial charge < -0.3 is 15.5 Å². The van der Waals surface area contributed by atoms with Crippen molar-refractivity contribution in [1.82, 2.24) is 9.80 Å². The molecule has 0 bridgehead atoms. The summed E-state index contributed by atoms with van der Waals surface area (Å²) in [6.45, 7) is 6.27. The number of benzene rings is 2. The minimum Gasteiger partial charge on any atom is -0.368 e. The Morgan fingerprint density at radius 3 is 2.19 bits per heavy atom. The number of hydrogen-bond acceptors (Lipinski definition) is 3. The molecule has 31 heavy (non-hydrogen) atoms. The van der Waals surface area contributed by atoms with Crippen molar-refractivity contribution in [2.75, 3.05) is 13.1 Å². The van der Waals surface area contributed by atoms with Crippen molar-refractivity contribution in [3.8, 4) is 0 Å². The first-order chi connectivity index (χ1) is 14.6. The van der Waals surface area contributed by atoms with Crippen LogP contribution in [-0.4, -0.2) is 46.1 Å². The van der Waals surface area contributed by atoms with Gasteiger partial charge in [-0.15, -0.1) is 0 Å². The quantitative estimate of drug-likeness (QED) is 0.716. The predicted molar refractivity (Wildman–Crippen MR) is 120 cm³/mol. The van der Waals surface area contributed by atoms with Crippen molar-refractivity contribution < 1.29 is 14.4 Å². The van der Waals surface area contributed by atoms with Gasteiger partial charge in [0.25, 0.3) is 0 Å². The Hall–Kier alpha value is -2.86. The number of nitrogens with zero attached hydrogens (tertiary/aromatic N) is 2. The molecule has 3 amide bonds. The molecule has 2 N–H and O–H groups in total. The van der Waals surface area contributed by atoms with Crippen LogP contribution >= 0.6 is 11.6 Å². The van der Waals surface area contributed by atoms with Crippen LogP contribution in [0.3, 0.4) is 0 Å². The summed E-state index contributed by atoms with van der Waals surface area (Å²) in [7, 11) is 0. The third kappa shape index (κ3) is 5.25. The predicted octanol–water partition coefficient (Wildman–Crippen LogP) is 3.00. The largest absolute Gasteiger partial charge is 0.368 e. The van der Waals surface area contributed by atoms with Crippen LogP contribution in [-0.2, 0) is 27.3 Å². The summed E-state index contributed by atoms with van der Waals surface area (Å²) in [5, 5.41) is 0.589. The number of halogens is 1. The fourth-order valence-corrected chi connectivity index (χ4v) is 4.29. The molecule has 1 saturated heterocycles. The Morgan fingerprint density at radius 1 is 1.06 bits per heavy atom. The third-order valence-electron chi connectivity index (χ3n) is 5.74. The zero-order valence-electron chi connectivity index (χ0n) is 18.2. The molecule has 0 saturated carbocycles. The lowest BCUT2D eigenvalue weighted by Crippen LogP contribution is -2.68. The second-order valence-electron chi connectivity index (χ2n) is 8.50. The molecule has 1 fully saturated rings. The Bertz CT molecular complexity index is 985. The fourth-order valence-electron chi connectivity index (χ4n) is 4.16. The van der Waals surface area contributed by atoms with Crippen molar-refractivity contribution in [3.05, 3.63) is 69.7 Å². The molecule has 3 rings (SSSR count). The summed E-state index contributed by atoms with van der Waals surface area (Å²) in [5.74, 6) is -0.975. The summed E-state index contributed by atoms with van der Waals surface area (Å²) in [5.41, 5.74) is 8.37. The molecular formula is C24H28ClN3O3. The summed E-state index contributed by atoms with van der Waals surface area (Å²) >= 11 is 5.94. The van der Waals surface area contributed by atoms with Crippen LogP contribution in [0.25, 0.3) is 0 Å². The Morgan fingerprint density at radius 2 is 1.68 bits per heavy atom. The second kappa shape index (κ2) is 9.10. The number of carbonyl (C=O) groups is 3. The molecule has 2 aromatic rings. The highest BCUT2D eigenvalue weighted by molar-refractivity contribution is 6.30. The summed E-state index contributed by atoms with van der Waals surface area (Å²) in [6.07, 6.45) is 0.776. The molecule has 0 radical (unpaired) electrons. The van der Waals surface area contributed by atoms with E-state index in [1.165, 1.54) is 4.90 Å².